The summed E-state index contributed by atoms with van der Waals surface area (Å²) in [4.78, 5) is 3.92. The summed E-state index contributed by atoms with van der Waals surface area (Å²) >= 11 is 0. The molecule has 3 fully saturated rings. The van der Waals surface area contributed by atoms with Gasteiger partial charge in [0.1, 0.15) is 26.2 Å². The summed E-state index contributed by atoms with van der Waals surface area (Å²) in [5.41, 5.74) is 0. The van der Waals surface area contributed by atoms with E-state index in [1.165, 1.54) is 77.5 Å². The van der Waals surface area contributed by atoms with E-state index in [0.717, 1.165) is 12.1 Å². The van der Waals surface area contributed by atoms with Crippen LogP contribution in [0.4, 0.5) is 0 Å². The smallest absolute Gasteiger partial charge is 0.127 e. The van der Waals surface area contributed by atoms with Gasteiger partial charge in [0, 0.05) is 0 Å². The predicted octanol–water partition coefficient (Wildman–Crippen LogP) is -0.345. The molecule has 16 heavy (non-hydrogen) atoms. The maximum atomic E-state index is 1.96. The molecule has 1 heterocycles. The van der Waals surface area contributed by atoms with Crippen molar-refractivity contribution in [1.82, 2.24) is 0 Å². The van der Waals surface area contributed by atoms with Gasteiger partial charge < -0.3 is 9.80 Å². The molecule has 0 aromatic heterocycles. The fraction of sp³-hybridized carbons (Fsp3) is 1.00. The van der Waals surface area contributed by atoms with Crippen LogP contribution in [0.25, 0.3) is 0 Å². The van der Waals surface area contributed by atoms with Gasteiger partial charge in [0.15, 0.2) is 0 Å². The van der Waals surface area contributed by atoms with Gasteiger partial charge in [-0.1, -0.05) is 0 Å². The third kappa shape index (κ3) is 2.28. The lowest BCUT2D eigenvalue weighted by molar-refractivity contribution is -1.03. The molecule has 0 spiro atoms. The molecule has 3 rings (SSSR count). The van der Waals surface area contributed by atoms with Gasteiger partial charge in [0.25, 0.3) is 0 Å². The lowest BCUT2D eigenvalue weighted by Gasteiger charge is -2.35. The molecule has 2 N–H and O–H groups in total. The summed E-state index contributed by atoms with van der Waals surface area (Å²) in [5.74, 6) is 0. The molecule has 0 bridgehead atoms. The first kappa shape index (κ1) is 11.0. The normalized spacial score (nSPS) is 38.2. The second-order valence-corrected chi connectivity index (χ2v) is 6.28. The summed E-state index contributed by atoms with van der Waals surface area (Å²) in [6.45, 7) is 5.88. The van der Waals surface area contributed by atoms with Crippen LogP contribution in [0.2, 0.25) is 0 Å². The van der Waals surface area contributed by atoms with E-state index in [1.54, 1.807) is 0 Å². The Hall–Kier alpha value is -0.0800. The Morgan fingerprint density at radius 1 is 0.500 bits per heavy atom. The molecule has 0 atom stereocenters. The molecule has 2 aliphatic carbocycles. The molecule has 92 valence electrons. The summed E-state index contributed by atoms with van der Waals surface area (Å²) in [5, 5.41) is 0. The molecule has 2 nitrogen and oxygen atoms in total. The zero-order chi connectivity index (χ0) is 10.8. The Morgan fingerprint density at radius 2 is 0.812 bits per heavy atom. The monoisotopic (exact) mass is 224 g/mol. The molecular weight excluding hydrogens is 196 g/mol. The molecular formula is C14H28N2+2. The topological polar surface area (TPSA) is 8.88 Å². The van der Waals surface area contributed by atoms with Crippen molar-refractivity contribution in [2.75, 3.05) is 26.2 Å². The van der Waals surface area contributed by atoms with Crippen molar-refractivity contribution in [3.05, 3.63) is 0 Å². The largest absolute Gasteiger partial charge is 0.323 e. The minimum absolute atomic E-state index is 1.05. The summed E-state index contributed by atoms with van der Waals surface area (Å²) < 4.78 is 0. The van der Waals surface area contributed by atoms with E-state index in [0.29, 0.717) is 0 Å². The van der Waals surface area contributed by atoms with E-state index in [-0.39, 0.29) is 0 Å². The van der Waals surface area contributed by atoms with Crippen molar-refractivity contribution < 1.29 is 9.80 Å². The molecule has 1 saturated heterocycles. The highest BCUT2D eigenvalue weighted by molar-refractivity contribution is 4.68. The van der Waals surface area contributed by atoms with E-state index < -0.39 is 0 Å². The average molecular weight is 224 g/mol. The minimum atomic E-state index is 1.05. The Balaban J connectivity index is 1.47. The zero-order valence-corrected chi connectivity index (χ0v) is 10.6. The van der Waals surface area contributed by atoms with Crippen molar-refractivity contribution in [3.63, 3.8) is 0 Å². The first-order valence-electron chi connectivity index (χ1n) is 7.62. The highest BCUT2D eigenvalue weighted by Crippen LogP contribution is 2.16. The lowest BCUT2D eigenvalue weighted by atomic mass is 10.1. The molecule has 0 unspecified atom stereocenters. The van der Waals surface area contributed by atoms with Crippen LogP contribution in [-0.4, -0.2) is 38.3 Å². The highest BCUT2D eigenvalue weighted by atomic mass is 15.3. The maximum absolute atomic E-state index is 1.96. The van der Waals surface area contributed by atoms with Crippen LogP contribution in [0.1, 0.15) is 51.4 Å². The number of rotatable bonds is 2. The van der Waals surface area contributed by atoms with Crippen molar-refractivity contribution >= 4 is 0 Å². The van der Waals surface area contributed by atoms with Crippen LogP contribution in [0, 0.1) is 0 Å². The summed E-state index contributed by atoms with van der Waals surface area (Å²) in [6, 6.07) is 2.09. The third-order valence-electron chi connectivity index (χ3n) is 5.40. The van der Waals surface area contributed by atoms with E-state index in [2.05, 4.69) is 0 Å². The molecule has 0 aromatic rings. The lowest BCUT2D eigenvalue weighted by Crippen LogP contribution is -3.30. The second-order valence-electron chi connectivity index (χ2n) is 6.28. The minimum Gasteiger partial charge on any atom is -0.323 e. The van der Waals surface area contributed by atoms with E-state index in [4.69, 9.17) is 0 Å². The van der Waals surface area contributed by atoms with Gasteiger partial charge >= 0.3 is 0 Å². The first-order chi connectivity index (χ1) is 7.93. The zero-order valence-electron chi connectivity index (χ0n) is 10.6. The van der Waals surface area contributed by atoms with Gasteiger partial charge in [0.2, 0.25) is 0 Å². The number of piperazine rings is 1. The number of nitrogens with one attached hydrogen (secondary N) is 2. The first-order valence-corrected chi connectivity index (χ1v) is 7.62. The third-order valence-corrected chi connectivity index (χ3v) is 5.40. The van der Waals surface area contributed by atoms with Crippen LogP contribution < -0.4 is 9.80 Å². The molecule has 1 aliphatic heterocycles. The number of quaternary nitrogens is 2. The van der Waals surface area contributed by atoms with Crippen LogP contribution in [0.15, 0.2) is 0 Å². The highest BCUT2D eigenvalue weighted by Gasteiger charge is 2.34. The Labute approximate surface area is 100.0 Å². The summed E-state index contributed by atoms with van der Waals surface area (Å²) in [6.07, 6.45) is 12.1. The summed E-state index contributed by atoms with van der Waals surface area (Å²) in [7, 11) is 0. The number of hydrogen-bond donors (Lipinski definition) is 2. The van der Waals surface area contributed by atoms with Gasteiger partial charge in [-0.05, 0) is 51.4 Å². The second kappa shape index (κ2) is 5.05. The van der Waals surface area contributed by atoms with Crippen molar-refractivity contribution in [2.24, 2.45) is 0 Å². The molecule has 0 radical (unpaired) electrons. The van der Waals surface area contributed by atoms with Crippen LogP contribution in [-0.2, 0) is 0 Å². The van der Waals surface area contributed by atoms with E-state index >= 15 is 0 Å². The van der Waals surface area contributed by atoms with E-state index in [1.807, 2.05) is 9.80 Å². The van der Waals surface area contributed by atoms with Gasteiger partial charge in [-0.3, -0.25) is 0 Å². The van der Waals surface area contributed by atoms with Crippen molar-refractivity contribution in [3.8, 4) is 0 Å². The van der Waals surface area contributed by atoms with Crippen molar-refractivity contribution in [1.29, 1.82) is 0 Å². The van der Waals surface area contributed by atoms with Gasteiger partial charge in [0.05, 0.1) is 12.1 Å². The molecule has 2 heteroatoms. The van der Waals surface area contributed by atoms with Gasteiger partial charge in [-0.2, -0.15) is 0 Å². The quantitative estimate of drug-likeness (QED) is 0.635. The average Bonchev–Trinajstić information content (AvgIpc) is 3.03. The maximum Gasteiger partial charge on any atom is 0.127 e. The van der Waals surface area contributed by atoms with Crippen LogP contribution in [0.3, 0.4) is 0 Å². The molecule has 0 amide bonds. The van der Waals surface area contributed by atoms with Gasteiger partial charge in [-0.15, -0.1) is 0 Å². The fourth-order valence-electron chi connectivity index (χ4n) is 4.38. The number of hydrogen-bond acceptors (Lipinski definition) is 0. The fourth-order valence-corrected chi connectivity index (χ4v) is 4.38. The Morgan fingerprint density at radius 3 is 1.12 bits per heavy atom. The Bertz CT molecular complexity index is 185. The SMILES string of the molecule is C1CCC([NH+]2CC[NH+](C3CCCC3)CC2)C1. The van der Waals surface area contributed by atoms with Crippen molar-refractivity contribution in [2.45, 2.75) is 63.5 Å². The standard InChI is InChI=1S/C14H26N2/c1-2-6-13(5-1)15-9-11-16(12-10-15)14-7-3-4-8-14/h13-14H,1-12H2/p+2. The molecule has 0 aromatic carbocycles. The van der Waals surface area contributed by atoms with Crippen LogP contribution >= 0.6 is 0 Å². The van der Waals surface area contributed by atoms with E-state index in [9.17, 15) is 0 Å². The molecule has 2 saturated carbocycles. The van der Waals surface area contributed by atoms with Crippen LogP contribution in [0.5, 0.6) is 0 Å². The van der Waals surface area contributed by atoms with Gasteiger partial charge in [-0.25, -0.2) is 0 Å². The predicted molar refractivity (Wildman–Crippen MR) is 65.9 cm³/mol. The Kier molecular flexibility index (Phi) is 3.49. The molecule has 3 aliphatic rings.